The van der Waals surface area contributed by atoms with E-state index in [0.29, 0.717) is 29.4 Å². The zero-order chi connectivity index (χ0) is 25.4. The minimum atomic E-state index is -0.907. The van der Waals surface area contributed by atoms with Gasteiger partial charge in [0.05, 0.1) is 17.8 Å². The van der Waals surface area contributed by atoms with E-state index in [9.17, 15) is 14.0 Å². The normalized spacial score (nSPS) is 10.8. The van der Waals surface area contributed by atoms with Crippen molar-refractivity contribution >= 4 is 35.3 Å². The van der Waals surface area contributed by atoms with E-state index in [4.69, 9.17) is 21.1 Å². The van der Waals surface area contributed by atoms with Crippen LogP contribution in [0.4, 0.5) is 10.1 Å². The van der Waals surface area contributed by atoms with Gasteiger partial charge in [-0.15, -0.1) is 0 Å². The van der Waals surface area contributed by atoms with Crippen molar-refractivity contribution in [2.24, 2.45) is 5.10 Å². The predicted molar refractivity (Wildman–Crippen MR) is 134 cm³/mol. The molecule has 9 heteroatoms. The van der Waals surface area contributed by atoms with E-state index < -0.39 is 17.6 Å². The van der Waals surface area contributed by atoms with Gasteiger partial charge in [-0.2, -0.15) is 5.10 Å². The molecule has 0 aromatic heterocycles. The summed E-state index contributed by atoms with van der Waals surface area (Å²) in [6.45, 7) is 5.78. The van der Waals surface area contributed by atoms with Crippen LogP contribution in [0.2, 0.25) is 5.02 Å². The summed E-state index contributed by atoms with van der Waals surface area (Å²) in [5.74, 6) is -1.40. The number of amides is 2. The third-order valence-corrected chi connectivity index (χ3v) is 5.36. The van der Waals surface area contributed by atoms with Crippen molar-refractivity contribution in [2.45, 2.75) is 27.4 Å². The van der Waals surface area contributed by atoms with Gasteiger partial charge in [-0.25, -0.2) is 9.82 Å². The fourth-order valence-corrected chi connectivity index (χ4v) is 3.43. The summed E-state index contributed by atoms with van der Waals surface area (Å²) in [7, 11) is 0. The molecule has 0 saturated carbocycles. The smallest absolute Gasteiger partial charge is 0.329 e. The largest absolute Gasteiger partial charge is 0.490 e. The number of nitrogens with one attached hydrogen (secondary N) is 2. The zero-order valence-electron chi connectivity index (χ0n) is 19.5. The second kappa shape index (κ2) is 12.0. The molecule has 0 aliphatic carbocycles. The van der Waals surface area contributed by atoms with Crippen LogP contribution in [0, 0.1) is 19.7 Å². The number of anilines is 1. The number of benzene rings is 3. The number of ether oxygens (including phenoxy) is 2. The van der Waals surface area contributed by atoms with Crippen LogP contribution in [0.1, 0.15) is 29.2 Å². The van der Waals surface area contributed by atoms with Crippen molar-refractivity contribution in [1.82, 2.24) is 5.43 Å². The number of hydrazone groups is 1. The topological polar surface area (TPSA) is 89.0 Å². The van der Waals surface area contributed by atoms with Gasteiger partial charge in [-0.3, -0.25) is 9.59 Å². The van der Waals surface area contributed by atoms with Gasteiger partial charge in [0, 0.05) is 11.3 Å². The lowest BCUT2D eigenvalue weighted by molar-refractivity contribution is -0.136. The van der Waals surface area contributed by atoms with Crippen molar-refractivity contribution in [3.63, 3.8) is 0 Å². The number of hydrogen-bond acceptors (Lipinski definition) is 5. The van der Waals surface area contributed by atoms with Crippen LogP contribution in [0.3, 0.4) is 0 Å². The lowest BCUT2D eigenvalue weighted by Crippen LogP contribution is -2.32. The molecule has 3 aromatic rings. The molecule has 0 atom stereocenters. The molecule has 0 fully saturated rings. The van der Waals surface area contributed by atoms with E-state index in [1.54, 1.807) is 24.3 Å². The van der Waals surface area contributed by atoms with Crippen molar-refractivity contribution in [1.29, 1.82) is 0 Å². The first-order valence-corrected chi connectivity index (χ1v) is 11.2. The fraction of sp³-hybridized carbons (Fsp3) is 0.192. The molecule has 3 rings (SSSR count). The van der Waals surface area contributed by atoms with E-state index in [2.05, 4.69) is 15.8 Å². The molecule has 0 bridgehead atoms. The third-order valence-electron chi connectivity index (χ3n) is 5.01. The Morgan fingerprint density at radius 3 is 2.40 bits per heavy atom. The Bertz CT molecular complexity index is 1220. The van der Waals surface area contributed by atoms with Crippen LogP contribution in [-0.4, -0.2) is 24.6 Å². The number of carbonyl (C=O) groups is 2. The molecule has 0 aliphatic heterocycles. The third kappa shape index (κ3) is 6.80. The molecule has 0 spiro atoms. The highest BCUT2D eigenvalue weighted by molar-refractivity contribution is 6.39. The number of hydrogen-bond donors (Lipinski definition) is 2. The molecule has 0 unspecified atom stereocenters. The average molecular weight is 498 g/mol. The molecule has 35 heavy (non-hydrogen) atoms. The SMILES string of the molecule is CCOc1cc(/C=N/NC(=O)C(=O)Nc2c(C)cccc2C)ccc1OCc1c(F)cccc1Cl. The van der Waals surface area contributed by atoms with E-state index in [0.717, 1.165) is 11.1 Å². The molecule has 3 aromatic carbocycles. The second-order valence-electron chi connectivity index (χ2n) is 7.55. The summed E-state index contributed by atoms with van der Waals surface area (Å²) in [4.78, 5) is 24.3. The summed E-state index contributed by atoms with van der Waals surface area (Å²) in [5.41, 5.74) is 5.31. The van der Waals surface area contributed by atoms with E-state index >= 15 is 0 Å². The van der Waals surface area contributed by atoms with Gasteiger partial charge < -0.3 is 14.8 Å². The quantitative estimate of drug-likeness (QED) is 0.255. The number of para-hydroxylation sites is 1. The van der Waals surface area contributed by atoms with Crippen LogP contribution >= 0.6 is 11.6 Å². The maximum Gasteiger partial charge on any atom is 0.329 e. The van der Waals surface area contributed by atoms with Gasteiger partial charge in [0.2, 0.25) is 0 Å². The molecule has 2 amide bonds. The van der Waals surface area contributed by atoms with Crippen molar-refractivity contribution < 1.29 is 23.5 Å². The number of rotatable bonds is 8. The summed E-state index contributed by atoms with van der Waals surface area (Å²) >= 11 is 6.06. The van der Waals surface area contributed by atoms with Gasteiger partial charge in [0.15, 0.2) is 11.5 Å². The number of halogens is 2. The standard InChI is InChI=1S/C26H25ClFN3O4/c1-4-34-23-13-18(11-12-22(23)35-15-19-20(27)9-6-10-21(19)28)14-29-31-26(33)25(32)30-24-16(2)7-5-8-17(24)3/h5-14H,4,15H2,1-3H3,(H,30,32)(H,31,33)/b29-14+. The molecule has 0 heterocycles. The number of aryl methyl sites for hydroxylation is 2. The summed E-state index contributed by atoms with van der Waals surface area (Å²) in [6.07, 6.45) is 1.37. The number of carbonyl (C=O) groups excluding carboxylic acids is 2. The van der Waals surface area contributed by atoms with Gasteiger partial charge >= 0.3 is 11.8 Å². The molecule has 0 aliphatic rings. The zero-order valence-corrected chi connectivity index (χ0v) is 20.3. The fourth-order valence-electron chi connectivity index (χ4n) is 3.21. The van der Waals surface area contributed by atoms with Crippen LogP contribution < -0.4 is 20.2 Å². The lowest BCUT2D eigenvalue weighted by Gasteiger charge is -2.13. The maximum absolute atomic E-state index is 14.0. The maximum atomic E-state index is 14.0. The molecular weight excluding hydrogens is 473 g/mol. The van der Waals surface area contributed by atoms with Crippen molar-refractivity contribution in [3.05, 3.63) is 87.7 Å². The van der Waals surface area contributed by atoms with Crippen molar-refractivity contribution in [3.8, 4) is 11.5 Å². The minimum Gasteiger partial charge on any atom is -0.490 e. The molecule has 0 radical (unpaired) electrons. The minimum absolute atomic E-state index is 0.0788. The van der Waals surface area contributed by atoms with E-state index in [-0.39, 0.29) is 17.2 Å². The Hall–Kier alpha value is -3.91. The molecule has 182 valence electrons. The summed E-state index contributed by atoms with van der Waals surface area (Å²) in [5, 5.41) is 6.71. The van der Waals surface area contributed by atoms with Gasteiger partial charge in [0.25, 0.3) is 0 Å². The second-order valence-corrected chi connectivity index (χ2v) is 7.96. The Balaban J connectivity index is 1.64. The molecular formula is C26H25ClFN3O4. The molecule has 7 nitrogen and oxygen atoms in total. The lowest BCUT2D eigenvalue weighted by atomic mass is 10.1. The first kappa shape index (κ1) is 25.7. The highest BCUT2D eigenvalue weighted by Gasteiger charge is 2.15. The molecule has 0 saturated heterocycles. The Labute approximate surface area is 207 Å². The summed E-state index contributed by atoms with van der Waals surface area (Å²) in [6, 6.07) is 14.9. The van der Waals surface area contributed by atoms with Gasteiger partial charge in [-0.1, -0.05) is 35.9 Å². The van der Waals surface area contributed by atoms with Gasteiger partial charge in [0.1, 0.15) is 12.4 Å². The number of nitrogens with zero attached hydrogens (tertiary/aromatic N) is 1. The molecule has 2 N–H and O–H groups in total. The summed E-state index contributed by atoms with van der Waals surface area (Å²) < 4.78 is 25.4. The van der Waals surface area contributed by atoms with Crippen LogP contribution in [0.5, 0.6) is 11.5 Å². The van der Waals surface area contributed by atoms with E-state index in [1.165, 1.54) is 18.3 Å². The highest BCUT2D eigenvalue weighted by atomic mass is 35.5. The van der Waals surface area contributed by atoms with Crippen molar-refractivity contribution in [2.75, 3.05) is 11.9 Å². The van der Waals surface area contributed by atoms with E-state index in [1.807, 2.05) is 39.0 Å². The Morgan fingerprint density at radius 1 is 1.00 bits per heavy atom. The first-order valence-electron chi connectivity index (χ1n) is 10.8. The first-order chi connectivity index (χ1) is 16.8. The van der Waals surface area contributed by atoms with Crippen LogP contribution in [0.25, 0.3) is 0 Å². The Morgan fingerprint density at radius 2 is 1.71 bits per heavy atom. The monoisotopic (exact) mass is 497 g/mol. The van der Waals surface area contributed by atoms with Crippen LogP contribution in [-0.2, 0) is 16.2 Å². The average Bonchev–Trinajstić information content (AvgIpc) is 2.82. The van der Waals surface area contributed by atoms with Gasteiger partial charge in [-0.05, 0) is 67.8 Å². The Kier molecular flexibility index (Phi) is 8.80. The predicted octanol–water partition coefficient (Wildman–Crippen LogP) is 5.16. The van der Waals surface area contributed by atoms with Crippen LogP contribution in [0.15, 0.2) is 59.7 Å². The highest BCUT2D eigenvalue weighted by Crippen LogP contribution is 2.30.